The summed E-state index contributed by atoms with van der Waals surface area (Å²) in [7, 11) is 0. The molecule has 70 valence electrons. The van der Waals surface area contributed by atoms with Crippen LogP contribution in [0.25, 0.3) is 0 Å². The number of ketones is 1. The quantitative estimate of drug-likeness (QED) is 0.685. The molecular formula is C12H10OS. The van der Waals surface area contributed by atoms with Gasteiger partial charge in [-0.3, -0.25) is 4.79 Å². The van der Waals surface area contributed by atoms with E-state index in [2.05, 4.69) is 6.58 Å². The zero-order valence-electron chi connectivity index (χ0n) is 7.69. The van der Waals surface area contributed by atoms with Crippen LogP contribution in [-0.2, 0) is 4.79 Å². The van der Waals surface area contributed by atoms with Gasteiger partial charge in [0.15, 0.2) is 5.78 Å². The highest BCUT2D eigenvalue weighted by atomic mass is 32.2. The lowest BCUT2D eigenvalue weighted by Crippen LogP contribution is -1.94. The highest BCUT2D eigenvalue weighted by molar-refractivity contribution is 8.04. The van der Waals surface area contributed by atoms with Crippen LogP contribution in [0, 0.1) is 0 Å². The van der Waals surface area contributed by atoms with Crippen molar-refractivity contribution in [3.63, 3.8) is 0 Å². The summed E-state index contributed by atoms with van der Waals surface area (Å²) in [5.41, 5.74) is 0.698. The fraction of sp³-hybridized carbons (Fsp3) is 0.0833. The lowest BCUT2D eigenvalue weighted by Gasteiger charge is -2.00. The van der Waals surface area contributed by atoms with Gasteiger partial charge in [-0.25, -0.2) is 0 Å². The van der Waals surface area contributed by atoms with E-state index in [4.69, 9.17) is 0 Å². The number of carbonyl (C=O) groups excluding carboxylic acids is 1. The molecule has 14 heavy (non-hydrogen) atoms. The molecular weight excluding hydrogens is 192 g/mol. The minimum Gasteiger partial charge on any atom is -0.288 e. The number of thioether (sulfide) groups is 1. The maximum Gasteiger partial charge on any atom is 0.195 e. The van der Waals surface area contributed by atoms with E-state index in [9.17, 15) is 4.79 Å². The molecule has 0 bridgehead atoms. The minimum absolute atomic E-state index is 0.0962. The summed E-state index contributed by atoms with van der Waals surface area (Å²) in [4.78, 5) is 13.4. The Bertz CT molecular complexity index is 404. The Kier molecular flexibility index (Phi) is 2.55. The molecule has 0 saturated carbocycles. The minimum atomic E-state index is 0.0962. The van der Waals surface area contributed by atoms with E-state index >= 15 is 0 Å². The van der Waals surface area contributed by atoms with Crippen LogP contribution < -0.4 is 0 Å². The molecule has 0 aliphatic heterocycles. The summed E-state index contributed by atoms with van der Waals surface area (Å²) in [5, 5.41) is 0. The summed E-state index contributed by atoms with van der Waals surface area (Å²) in [6, 6.07) is 9.90. The van der Waals surface area contributed by atoms with Crippen LogP contribution in [-0.4, -0.2) is 5.78 Å². The highest BCUT2D eigenvalue weighted by Crippen LogP contribution is 2.33. The number of hydrogen-bond acceptors (Lipinski definition) is 2. The molecule has 0 spiro atoms. The molecule has 0 N–H and O–H groups in total. The average molecular weight is 202 g/mol. The SMILES string of the molecule is C=C1CC=C(Sc2ccccc2)C1=O. The number of carbonyl (C=O) groups is 1. The largest absolute Gasteiger partial charge is 0.288 e. The molecule has 2 heteroatoms. The molecule has 2 rings (SSSR count). The van der Waals surface area contributed by atoms with Crippen LogP contribution in [0.5, 0.6) is 0 Å². The van der Waals surface area contributed by atoms with E-state index in [1.54, 1.807) is 0 Å². The summed E-state index contributed by atoms with van der Waals surface area (Å²) in [6.07, 6.45) is 2.65. The van der Waals surface area contributed by atoms with Gasteiger partial charge in [0.1, 0.15) is 0 Å². The van der Waals surface area contributed by atoms with E-state index in [1.165, 1.54) is 11.8 Å². The van der Waals surface area contributed by atoms with Gasteiger partial charge < -0.3 is 0 Å². The van der Waals surface area contributed by atoms with E-state index in [-0.39, 0.29) is 5.78 Å². The number of allylic oxidation sites excluding steroid dienone is 3. The normalized spacial score (nSPS) is 15.9. The monoisotopic (exact) mass is 202 g/mol. The van der Waals surface area contributed by atoms with Gasteiger partial charge in [0.05, 0.1) is 4.91 Å². The molecule has 0 unspecified atom stereocenters. The molecule has 0 amide bonds. The number of benzene rings is 1. The first-order valence-electron chi connectivity index (χ1n) is 4.43. The van der Waals surface area contributed by atoms with Gasteiger partial charge in [-0.2, -0.15) is 0 Å². The van der Waals surface area contributed by atoms with Crippen molar-refractivity contribution in [2.45, 2.75) is 11.3 Å². The Labute approximate surface area is 87.5 Å². The molecule has 0 heterocycles. The van der Waals surface area contributed by atoms with Gasteiger partial charge in [0, 0.05) is 4.90 Å². The van der Waals surface area contributed by atoms with Crippen LogP contribution in [0.4, 0.5) is 0 Å². The summed E-state index contributed by atoms with van der Waals surface area (Å²) >= 11 is 1.51. The first-order chi connectivity index (χ1) is 6.77. The standard InChI is InChI=1S/C12H10OS/c1-9-7-8-11(12(9)13)14-10-5-3-2-4-6-10/h2-6,8H,1,7H2. The van der Waals surface area contributed by atoms with Crippen LogP contribution in [0.3, 0.4) is 0 Å². The molecule has 0 fully saturated rings. The van der Waals surface area contributed by atoms with Crippen molar-refractivity contribution < 1.29 is 4.79 Å². The van der Waals surface area contributed by atoms with Gasteiger partial charge in [-0.05, 0) is 24.1 Å². The molecule has 1 aromatic carbocycles. The number of rotatable bonds is 2. The van der Waals surface area contributed by atoms with E-state index in [0.717, 1.165) is 9.80 Å². The molecule has 0 aromatic heterocycles. The zero-order valence-corrected chi connectivity index (χ0v) is 8.51. The van der Waals surface area contributed by atoms with Crippen LogP contribution >= 0.6 is 11.8 Å². The second kappa shape index (κ2) is 3.84. The molecule has 0 atom stereocenters. The van der Waals surface area contributed by atoms with E-state index < -0.39 is 0 Å². The molecule has 1 aromatic rings. The Morgan fingerprint density at radius 3 is 2.50 bits per heavy atom. The summed E-state index contributed by atoms with van der Waals surface area (Å²) < 4.78 is 0. The van der Waals surface area contributed by atoms with Crippen molar-refractivity contribution >= 4 is 17.5 Å². The maximum absolute atomic E-state index is 11.5. The molecule has 0 radical (unpaired) electrons. The predicted molar refractivity (Wildman–Crippen MR) is 59.1 cm³/mol. The Morgan fingerprint density at radius 2 is 1.93 bits per heavy atom. The van der Waals surface area contributed by atoms with Gasteiger partial charge in [-0.1, -0.05) is 42.6 Å². The fourth-order valence-electron chi connectivity index (χ4n) is 1.28. The second-order valence-corrected chi connectivity index (χ2v) is 4.24. The van der Waals surface area contributed by atoms with E-state index in [1.807, 2.05) is 36.4 Å². The van der Waals surface area contributed by atoms with Gasteiger partial charge in [-0.15, -0.1) is 0 Å². The number of Topliss-reactive ketones (excluding diaryl/α,β-unsaturated/α-hetero) is 1. The first kappa shape index (κ1) is 9.28. The average Bonchev–Trinajstić information content (AvgIpc) is 2.52. The third-order valence-electron chi connectivity index (χ3n) is 2.05. The van der Waals surface area contributed by atoms with Crippen molar-refractivity contribution in [2.75, 3.05) is 0 Å². The smallest absolute Gasteiger partial charge is 0.195 e. The Morgan fingerprint density at radius 1 is 1.21 bits per heavy atom. The fourth-order valence-corrected chi connectivity index (χ4v) is 2.23. The van der Waals surface area contributed by atoms with Gasteiger partial charge >= 0.3 is 0 Å². The molecule has 1 aliphatic carbocycles. The van der Waals surface area contributed by atoms with Crippen molar-refractivity contribution in [3.8, 4) is 0 Å². The van der Waals surface area contributed by atoms with Crippen LogP contribution in [0.1, 0.15) is 6.42 Å². The van der Waals surface area contributed by atoms with Crippen molar-refractivity contribution in [1.82, 2.24) is 0 Å². The maximum atomic E-state index is 11.5. The van der Waals surface area contributed by atoms with Gasteiger partial charge in [0.2, 0.25) is 0 Å². The Hall–Kier alpha value is -1.28. The lowest BCUT2D eigenvalue weighted by atomic mass is 10.2. The number of hydrogen-bond donors (Lipinski definition) is 0. The first-order valence-corrected chi connectivity index (χ1v) is 5.24. The van der Waals surface area contributed by atoms with Crippen LogP contribution in [0.2, 0.25) is 0 Å². The second-order valence-electron chi connectivity index (χ2n) is 3.12. The van der Waals surface area contributed by atoms with Crippen molar-refractivity contribution in [1.29, 1.82) is 0 Å². The summed E-state index contributed by atoms with van der Waals surface area (Å²) in [6.45, 7) is 3.71. The zero-order chi connectivity index (χ0) is 9.97. The lowest BCUT2D eigenvalue weighted by molar-refractivity contribution is -0.111. The van der Waals surface area contributed by atoms with Crippen molar-refractivity contribution in [3.05, 3.63) is 53.5 Å². The Balaban J connectivity index is 2.14. The van der Waals surface area contributed by atoms with Crippen molar-refractivity contribution in [2.24, 2.45) is 0 Å². The van der Waals surface area contributed by atoms with Crippen LogP contribution in [0.15, 0.2) is 58.4 Å². The predicted octanol–water partition coefficient (Wildman–Crippen LogP) is 3.19. The summed E-state index contributed by atoms with van der Waals surface area (Å²) in [5.74, 6) is 0.0962. The topological polar surface area (TPSA) is 17.1 Å². The van der Waals surface area contributed by atoms with E-state index in [0.29, 0.717) is 12.0 Å². The molecule has 1 nitrogen and oxygen atoms in total. The third kappa shape index (κ3) is 1.80. The third-order valence-corrected chi connectivity index (χ3v) is 3.13. The molecule has 0 saturated heterocycles. The molecule has 1 aliphatic rings. The highest BCUT2D eigenvalue weighted by Gasteiger charge is 2.19. The van der Waals surface area contributed by atoms with Gasteiger partial charge in [0.25, 0.3) is 0 Å².